The van der Waals surface area contributed by atoms with E-state index in [4.69, 9.17) is 5.73 Å². The van der Waals surface area contributed by atoms with E-state index in [2.05, 4.69) is 5.32 Å². The molecule has 1 rings (SSSR count). The van der Waals surface area contributed by atoms with Crippen molar-refractivity contribution in [2.24, 2.45) is 0 Å². The van der Waals surface area contributed by atoms with Crippen LogP contribution in [0.15, 0.2) is 24.3 Å². The standard InChI is InChI=1S/C10H14N2O/c1-12-6-5-10(13)8-3-2-4-9(11)7-8/h2-4,7,12H,5-6,11H2,1H3. The second-order valence-electron chi connectivity index (χ2n) is 2.90. The molecule has 0 aliphatic carbocycles. The fraction of sp³-hybridized carbons (Fsp3) is 0.300. The van der Waals surface area contributed by atoms with Crippen molar-refractivity contribution in [2.75, 3.05) is 19.3 Å². The van der Waals surface area contributed by atoms with Crippen LogP contribution in [0.3, 0.4) is 0 Å². The molecule has 70 valence electrons. The average Bonchev–Trinajstić information content (AvgIpc) is 2.14. The normalized spacial score (nSPS) is 9.92. The van der Waals surface area contributed by atoms with Crippen LogP contribution in [0.2, 0.25) is 0 Å². The Labute approximate surface area is 77.9 Å². The van der Waals surface area contributed by atoms with Gasteiger partial charge in [0.2, 0.25) is 0 Å². The number of anilines is 1. The van der Waals surface area contributed by atoms with Crippen LogP contribution in [0.25, 0.3) is 0 Å². The highest BCUT2D eigenvalue weighted by Gasteiger charge is 2.04. The summed E-state index contributed by atoms with van der Waals surface area (Å²) in [6.45, 7) is 0.702. The summed E-state index contributed by atoms with van der Waals surface area (Å²) in [5, 5.41) is 2.93. The predicted molar refractivity (Wildman–Crippen MR) is 53.7 cm³/mol. The van der Waals surface area contributed by atoms with Crippen LogP contribution in [0.4, 0.5) is 5.69 Å². The van der Waals surface area contributed by atoms with E-state index in [1.165, 1.54) is 0 Å². The van der Waals surface area contributed by atoms with Crippen molar-refractivity contribution >= 4 is 11.5 Å². The second kappa shape index (κ2) is 4.62. The maximum atomic E-state index is 11.5. The van der Waals surface area contributed by atoms with E-state index >= 15 is 0 Å². The third-order valence-electron chi connectivity index (χ3n) is 1.81. The minimum absolute atomic E-state index is 0.127. The van der Waals surface area contributed by atoms with E-state index in [-0.39, 0.29) is 5.78 Å². The molecule has 0 fully saturated rings. The molecule has 1 aromatic carbocycles. The molecule has 0 atom stereocenters. The molecule has 0 aliphatic rings. The lowest BCUT2D eigenvalue weighted by Crippen LogP contribution is -2.13. The lowest BCUT2D eigenvalue weighted by Gasteiger charge is -2.01. The molecule has 0 radical (unpaired) electrons. The lowest BCUT2D eigenvalue weighted by molar-refractivity contribution is 0.0983. The van der Waals surface area contributed by atoms with Crippen molar-refractivity contribution < 1.29 is 4.79 Å². The molecular weight excluding hydrogens is 164 g/mol. The Morgan fingerprint density at radius 3 is 2.92 bits per heavy atom. The molecule has 0 amide bonds. The van der Waals surface area contributed by atoms with Crippen molar-refractivity contribution in [2.45, 2.75) is 6.42 Å². The van der Waals surface area contributed by atoms with Gasteiger partial charge in [0.05, 0.1) is 0 Å². The van der Waals surface area contributed by atoms with E-state index in [0.29, 0.717) is 24.2 Å². The van der Waals surface area contributed by atoms with Crippen LogP contribution in [-0.2, 0) is 0 Å². The van der Waals surface area contributed by atoms with Gasteiger partial charge in [-0.25, -0.2) is 0 Å². The Morgan fingerprint density at radius 2 is 2.31 bits per heavy atom. The number of Topliss-reactive ketones (excluding diaryl/α,β-unsaturated/α-hetero) is 1. The minimum atomic E-state index is 0.127. The number of rotatable bonds is 4. The van der Waals surface area contributed by atoms with Crippen molar-refractivity contribution in [3.05, 3.63) is 29.8 Å². The Bertz CT molecular complexity index is 297. The number of carbonyl (C=O) groups excluding carboxylic acids is 1. The molecule has 0 bridgehead atoms. The largest absolute Gasteiger partial charge is 0.399 e. The molecule has 1 aromatic rings. The van der Waals surface area contributed by atoms with Gasteiger partial charge in [0.15, 0.2) is 5.78 Å². The van der Waals surface area contributed by atoms with E-state index in [1.54, 1.807) is 24.3 Å². The number of nitrogens with one attached hydrogen (secondary N) is 1. The van der Waals surface area contributed by atoms with Crippen molar-refractivity contribution in [1.82, 2.24) is 5.32 Å². The quantitative estimate of drug-likeness (QED) is 0.535. The van der Waals surface area contributed by atoms with E-state index in [9.17, 15) is 4.79 Å². The van der Waals surface area contributed by atoms with Gasteiger partial charge in [0.1, 0.15) is 0 Å². The highest BCUT2D eigenvalue weighted by molar-refractivity contribution is 5.96. The summed E-state index contributed by atoms with van der Waals surface area (Å²) >= 11 is 0. The van der Waals surface area contributed by atoms with Gasteiger partial charge in [-0.3, -0.25) is 4.79 Å². The first kappa shape index (κ1) is 9.74. The smallest absolute Gasteiger partial charge is 0.164 e. The molecule has 0 aromatic heterocycles. The number of nitrogens with two attached hydrogens (primary N) is 1. The van der Waals surface area contributed by atoms with E-state index in [1.807, 2.05) is 7.05 Å². The molecule has 0 unspecified atom stereocenters. The highest BCUT2D eigenvalue weighted by Crippen LogP contribution is 2.08. The first-order valence-corrected chi connectivity index (χ1v) is 4.27. The number of nitrogen functional groups attached to an aromatic ring is 1. The Kier molecular flexibility index (Phi) is 3.46. The summed E-state index contributed by atoms with van der Waals surface area (Å²) in [6, 6.07) is 7.06. The Hall–Kier alpha value is -1.35. The van der Waals surface area contributed by atoms with Gasteiger partial charge in [-0.15, -0.1) is 0 Å². The number of carbonyl (C=O) groups is 1. The predicted octanol–water partition coefficient (Wildman–Crippen LogP) is 1.06. The molecule has 3 nitrogen and oxygen atoms in total. The molecule has 3 N–H and O–H groups in total. The first-order valence-electron chi connectivity index (χ1n) is 4.27. The molecule has 0 aliphatic heterocycles. The number of ketones is 1. The monoisotopic (exact) mass is 178 g/mol. The summed E-state index contributed by atoms with van der Waals surface area (Å²) in [6.07, 6.45) is 0.514. The zero-order valence-electron chi connectivity index (χ0n) is 7.71. The van der Waals surface area contributed by atoms with Crippen molar-refractivity contribution in [1.29, 1.82) is 0 Å². The van der Waals surface area contributed by atoms with Crippen LogP contribution in [0.5, 0.6) is 0 Å². The second-order valence-corrected chi connectivity index (χ2v) is 2.90. The fourth-order valence-electron chi connectivity index (χ4n) is 1.09. The van der Waals surface area contributed by atoms with Gasteiger partial charge in [0, 0.05) is 24.2 Å². The van der Waals surface area contributed by atoms with Crippen LogP contribution >= 0.6 is 0 Å². The molecule has 3 heteroatoms. The molecule has 13 heavy (non-hydrogen) atoms. The number of hydrogen-bond donors (Lipinski definition) is 2. The van der Waals surface area contributed by atoms with Gasteiger partial charge in [-0.05, 0) is 19.2 Å². The summed E-state index contributed by atoms with van der Waals surface area (Å²) in [4.78, 5) is 11.5. The van der Waals surface area contributed by atoms with Crippen LogP contribution in [-0.4, -0.2) is 19.4 Å². The van der Waals surface area contributed by atoms with Crippen LogP contribution < -0.4 is 11.1 Å². The van der Waals surface area contributed by atoms with Crippen LogP contribution in [0.1, 0.15) is 16.8 Å². The maximum absolute atomic E-state index is 11.5. The fourth-order valence-corrected chi connectivity index (χ4v) is 1.09. The summed E-state index contributed by atoms with van der Waals surface area (Å²) in [7, 11) is 1.83. The average molecular weight is 178 g/mol. The third kappa shape index (κ3) is 2.87. The van der Waals surface area contributed by atoms with Gasteiger partial charge in [-0.1, -0.05) is 12.1 Å². The third-order valence-corrected chi connectivity index (χ3v) is 1.81. The molecule has 0 saturated carbocycles. The summed E-state index contributed by atoms with van der Waals surface area (Å²) in [5.74, 6) is 0.127. The topological polar surface area (TPSA) is 55.1 Å². The highest BCUT2D eigenvalue weighted by atomic mass is 16.1. The Balaban J connectivity index is 2.66. The molecule has 0 spiro atoms. The number of benzene rings is 1. The Morgan fingerprint density at radius 1 is 1.54 bits per heavy atom. The van der Waals surface area contributed by atoms with Crippen LogP contribution in [0, 0.1) is 0 Å². The van der Waals surface area contributed by atoms with Gasteiger partial charge < -0.3 is 11.1 Å². The van der Waals surface area contributed by atoms with E-state index in [0.717, 1.165) is 0 Å². The summed E-state index contributed by atoms with van der Waals surface area (Å²) in [5.41, 5.74) is 6.88. The molecule has 0 saturated heterocycles. The summed E-state index contributed by atoms with van der Waals surface area (Å²) < 4.78 is 0. The molecular formula is C10H14N2O. The maximum Gasteiger partial charge on any atom is 0.164 e. The number of hydrogen-bond acceptors (Lipinski definition) is 3. The van der Waals surface area contributed by atoms with E-state index < -0.39 is 0 Å². The lowest BCUT2D eigenvalue weighted by atomic mass is 10.1. The minimum Gasteiger partial charge on any atom is -0.399 e. The van der Waals surface area contributed by atoms with Crippen molar-refractivity contribution in [3.63, 3.8) is 0 Å². The van der Waals surface area contributed by atoms with Gasteiger partial charge >= 0.3 is 0 Å². The van der Waals surface area contributed by atoms with Gasteiger partial charge in [-0.2, -0.15) is 0 Å². The SMILES string of the molecule is CNCCC(=O)c1cccc(N)c1. The molecule has 0 heterocycles. The zero-order valence-corrected chi connectivity index (χ0v) is 7.71. The van der Waals surface area contributed by atoms with Crippen molar-refractivity contribution in [3.8, 4) is 0 Å². The van der Waals surface area contributed by atoms with Gasteiger partial charge in [0.25, 0.3) is 0 Å². The first-order chi connectivity index (χ1) is 6.24. The zero-order chi connectivity index (χ0) is 9.68.